The van der Waals surface area contributed by atoms with Gasteiger partial charge in [0.05, 0.1) is 25.0 Å². The zero-order valence-corrected chi connectivity index (χ0v) is 6.37. The molecule has 1 saturated heterocycles. The third-order valence-corrected chi connectivity index (χ3v) is 1.86. The summed E-state index contributed by atoms with van der Waals surface area (Å²) >= 11 is 0. The van der Waals surface area contributed by atoms with Crippen LogP contribution < -0.4 is 4.90 Å². The predicted molar refractivity (Wildman–Crippen MR) is 48.1 cm³/mol. The predicted octanol–water partition coefficient (Wildman–Crippen LogP) is 2.17. The maximum Gasteiger partial charge on any atom is 0.282 e. The van der Waals surface area contributed by atoms with E-state index in [0.717, 1.165) is 5.69 Å². The van der Waals surface area contributed by atoms with Crippen molar-refractivity contribution in [2.75, 3.05) is 18.0 Å². The first-order valence-corrected chi connectivity index (χ1v) is 3.70. The van der Waals surface area contributed by atoms with Gasteiger partial charge in [0.15, 0.2) is 0 Å². The zero-order chi connectivity index (χ0) is 8.60. The van der Waals surface area contributed by atoms with Crippen molar-refractivity contribution in [3.63, 3.8) is 0 Å². The molecule has 1 aromatic rings. The molecule has 2 nitrogen and oxygen atoms in total. The van der Waals surface area contributed by atoms with Crippen LogP contribution in [-0.4, -0.2) is 24.0 Å². The van der Waals surface area contributed by atoms with Gasteiger partial charge in [0.1, 0.15) is 0 Å². The second-order valence-corrected chi connectivity index (χ2v) is 2.92. The van der Waals surface area contributed by atoms with Crippen molar-refractivity contribution < 1.29 is 8.78 Å². The minimum atomic E-state index is -2.50. The Morgan fingerprint density at radius 3 is 2.54 bits per heavy atom. The van der Waals surface area contributed by atoms with Crippen LogP contribution in [-0.2, 0) is 0 Å². The highest BCUT2D eigenvalue weighted by Crippen LogP contribution is 2.30. The Bertz CT molecular complexity index is 266. The molecule has 0 atom stereocenters. The molecule has 13 heavy (non-hydrogen) atoms. The van der Waals surface area contributed by atoms with Crippen LogP contribution in [0.3, 0.4) is 0 Å². The molecule has 72 valence electrons. The first-order valence-electron chi connectivity index (χ1n) is 3.70. The van der Waals surface area contributed by atoms with E-state index in [0.29, 0.717) is 0 Å². The van der Waals surface area contributed by atoms with Gasteiger partial charge in [0.2, 0.25) is 0 Å². The number of hydrogen-bond acceptors (Lipinski definition) is 2. The molecule has 1 aromatic heterocycles. The van der Waals surface area contributed by atoms with Gasteiger partial charge in [-0.2, -0.15) is 0 Å². The number of alkyl halides is 2. The summed E-state index contributed by atoms with van der Waals surface area (Å²) in [6.07, 6.45) is 3.22. The van der Waals surface area contributed by atoms with E-state index in [1.54, 1.807) is 29.4 Å². The van der Waals surface area contributed by atoms with Crippen molar-refractivity contribution in [3.8, 4) is 0 Å². The van der Waals surface area contributed by atoms with Gasteiger partial charge in [0.25, 0.3) is 5.92 Å². The lowest BCUT2D eigenvalue weighted by Gasteiger charge is -2.40. The van der Waals surface area contributed by atoms with Crippen molar-refractivity contribution in [1.82, 2.24) is 4.98 Å². The Kier molecular flexibility index (Phi) is 2.50. The highest BCUT2D eigenvalue weighted by molar-refractivity contribution is 5.47. The summed E-state index contributed by atoms with van der Waals surface area (Å²) in [6.45, 7) is -0.364. The SMILES string of the molecule is C.FC1(F)CN(c2cccnc2)C1. The molecule has 0 spiro atoms. The van der Waals surface area contributed by atoms with E-state index in [-0.39, 0.29) is 20.5 Å². The van der Waals surface area contributed by atoms with Crippen LogP contribution in [0.1, 0.15) is 7.43 Å². The number of halogens is 2. The van der Waals surface area contributed by atoms with Crippen molar-refractivity contribution in [1.29, 1.82) is 0 Å². The molecule has 0 radical (unpaired) electrons. The second kappa shape index (κ2) is 3.28. The summed E-state index contributed by atoms with van der Waals surface area (Å²) in [5.74, 6) is -2.50. The molecule has 1 aliphatic rings. The molecule has 2 heterocycles. The van der Waals surface area contributed by atoms with Gasteiger partial charge in [-0.1, -0.05) is 7.43 Å². The summed E-state index contributed by atoms with van der Waals surface area (Å²) in [5.41, 5.74) is 0.767. The smallest absolute Gasteiger partial charge is 0.282 e. The Balaban J connectivity index is 0.000000845. The van der Waals surface area contributed by atoms with E-state index in [4.69, 9.17) is 0 Å². The van der Waals surface area contributed by atoms with Crippen molar-refractivity contribution in [3.05, 3.63) is 24.5 Å². The quantitative estimate of drug-likeness (QED) is 0.668. The van der Waals surface area contributed by atoms with Gasteiger partial charge < -0.3 is 4.90 Å². The maximum atomic E-state index is 12.4. The third-order valence-electron chi connectivity index (χ3n) is 1.86. The van der Waals surface area contributed by atoms with E-state index < -0.39 is 5.92 Å². The monoisotopic (exact) mass is 186 g/mol. The number of pyridine rings is 1. The van der Waals surface area contributed by atoms with Crippen molar-refractivity contribution >= 4 is 5.69 Å². The van der Waals surface area contributed by atoms with E-state index in [1.807, 2.05) is 0 Å². The normalized spacial score (nSPS) is 18.8. The Labute approximate surface area is 76.2 Å². The van der Waals surface area contributed by atoms with E-state index in [2.05, 4.69) is 4.98 Å². The molecule has 0 aliphatic carbocycles. The van der Waals surface area contributed by atoms with Gasteiger partial charge in [-0.15, -0.1) is 0 Å². The van der Waals surface area contributed by atoms with E-state index in [9.17, 15) is 8.78 Å². The third kappa shape index (κ3) is 1.94. The lowest BCUT2D eigenvalue weighted by atomic mass is 10.1. The molecule has 0 bridgehead atoms. The largest absolute Gasteiger partial charge is 0.358 e. The van der Waals surface area contributed by atoms with Gasteiger partial charge in [-0.05, 0) is 12.1 Å². The number of aromatic nitrogens is 1. The zero-order valence-electron chi connectivity index (χ0n) is 6.37. The average molecular weight is 186 g/mol. The summed E-state index contributed by atoms with van der Waals surface area (Å²) in [4.78, 5) is 5.45. The lowest BCUT2D eigenvalue weighted by molar-refractivity contribution is -0.0262. The van der Waals surface area contributed by atoms with Gasteiger partial charge in [-0.3, -0.25) is 4.98 Å². The Hall–Kier alpha value is -1.19. The number of nitrogens with zero attached hydrogens (tertiary/aromatic N) is 2. The highest BCUT2D eigenvalue weighted by Gasteiger charge is 2.43. The van der Waals surface area contributed by atoms with E-state index >= 15 is 0 Å². The first kappa shape index (κ1) is 9.89. The standard InChI is InChI=1S/C8H8F2N2.CH4/c9-8(10)5-12(6-8)7-2-1-3-11-4-7;/h1-4H,5-6H2;1H4. The van der Waals surface area contributed by atoms with Gasteiger partial charge in [0, 0.05) is 6.20 Å². The molecular weight excluding hydrogens is 174 g/mol. The van der Waals surface area contributed by atoms with Crippen LogP contribution in [0.5, 0.6) is 0 Å². The fraction of sp³-hybridized carbons (Fsp3) is 0.444. The van der Waals surface area contributed by atoms with Gasteiger partial charge >= 0.3 is 0 Å². The van der Waals surface area contributed by atoms with Crippen LogP contribution in [0.4, 0.5) is 14.5 Å². The molecule has 0 N–H and O–H groups in total. The Morgan fingerprint density at radius 1 is 1.38 bits per heavy atom. The minimum absolute atomic E-state index is 0. The molecular formula is C9H12F2N2. The van der Waals surface area contributed by atoms with Crippen molar-refractivity contribution in [2.24, 2.45) is 0 Å². The van der Waals surface area contributed by atoms with Crippen LogP contribution in [0.15, 0.2) is 24.5 Å². The van der Waals surface area contributed by atoms with Crippen LogP contribution in [0.2, 0.25) is 0 Å². The van der Waals surface area contributed by atoms with Crippen LogP contribution in [0.25, 0.3) is 0 Å². The van der Waals surface area contributed by atoms with E-state index in [1.165, 1.54) is 0 Å². The molecule has 0 unspecified atom stereocenters. The second-order valence-electron chi connectivity index (χ2n) is 2.92. The first-order chi connectivity index (χ1) is 5.67. The summed E-state index contributed by atoms with van der Waals surface area (Å²) in [5, 5.41) is 0. The maximum absolute atomic E-state index is 12.4. The topological polar surface area (TPSA) is 16.1 Å². The lowest BCUT2D eigenvalue weighted by Crippen LogP contribution is -2.56. The average Bonchev–Trinajstić information content (AvgIpc) is 2.02. The fourth-order valence-electron chi connectivity index (χ4n) is 1.24. The number of anilines is 1. The molecule has 0 amide bonds. The molecule has 4 heteroatoms. The fourth-order valence-corrected chi connectivity index (χ4v) is 1.24. The van der Waals surface area contributed by atoms with Crippen molar-refractivity contribution in [2.45, 2.75) is 13.3 Å². The molecule has 0 aromatic carbocycles. The number of hydrogen-bond donors (Lipinski definition) is 0. The van der Waals surface area contributed by atoms with Crippen LogP contribution in [0, 0.1) is 0 Å². The summed E-state index contributed by atoms with van der Waals surface area (Å²) in [7, 11) is 0. The Morgan fingerprint density at radius 2 is 2.08 bits per heavy atom. The highest BCUT2D eigenvalue weighted by atomic mass is 19.3. The minimum Gasteiger partial charge on any atom is -0.358 e. The molecule has 0 saturated carbocycles. The molecule has 1 fully saturated rings. The molecule has 2 rings (SSSR count). The number of rotatable bonds is 1. The summed E-state index contributed by atoms with van der Waals surface area (Å²) < 4.78 is 24.8. The molecule has 1 aliphatic heterocycles. The summed E-state index contributed by atoms with van der Waals surface area (Å²) in [6, 6.07) is 3.52. The van der Waals surface area contributed by atoms with Gasteiger partial charge in [-0.25, -0.2) is 8.78 Å². The van der Waals surface area contributed by atoms with Crippen LogP contribution >= 0.6 is 0 Å².